The molecule has 0 spiro atoms. The van der Waals surface area contributed by atoms with Gasteiger partial charge in [-0.2, -0.15) is 8.42 Å². The molecule has 0 saturated carbocycles. The first-order valence-corrected chi connectivity index (χ1v) is 7.69. The second-order valence-corrected chi connectivity index (χ2v) is 6.06. The summed E-state index contributed by atoms with van der Waals surface area (Å²) >= 11 is 0. The monoisotopic (exact) mass is 335 g/mol. The van der Waals surface area contributed by atoms with Crippen molar-refractivity contribution in [2.75, 3.05) is 11.1 Å². The zero-order valence-electron chi connectivity index (χ0n) is 11.7. The van der Waals surface area contributed by atoms with Crippen LogP contribution in [0.5, 0.6) is 0 Å². The van der Waals surface area contributed by atoms with Crippen molar-refractivity contribution in [1.29, 1.82) is 0 Å². The topological polar surface area (TPSA) is 154 Å². The fourth-order valence-electron chi connectivity index (χ4n) is 1.69. The number of nitro benzene ring substituents is 1. The lowest BCUT2D eigenvalue weighted by atomic mass is 10.3. The van der Waals surface area contributed by atoms with Gasteiger partial charge in [0.15, 0.2) is 0 Å². The van der Waals surface area contributed by atoms with E-state index in [0.717, 1.165) is 0 Å². The summed E-state index contributed by atoms with van der Waals surface area (Å²) < 4.78 is 27.5. The molecule has 2 aromatic carbocycles. The van der Waals surface area contributed by atoms with Gasteiger partial charge in [-0.1, -0.05) is 6.07 Å². The summed E-state index contributed by atoms with van der Waals surface area (Å²) in [6.45, 7) is 0. The second kappa shape index (κ2) is 6.32. The highest BCUT2D eigenvalue weighted by Crippen LogP contribution is 2.18. The van der Waals surface area contributed by atoms with Gasteiger partial charge in [-0.25, -0.2) is 0 Å². The van der Waals surface area contributed by atoms with Crippen LogP contribution in [0.1, 0.15) is 0 Å². The van der Waals surface area contributed by atoms with E-state index >= 15 is 0 Å². The molecule has 23 heavy (non-hydrogen) atoms. The molecule has 0 unspecified atom stereocenters. The molecule has 0 atom stereocenters. The van der Waals surface area contributed by atoms with Crippen molar-refractivity contribution in [1.82, 2.24) is 0 Å². The van der Waals surface area contributed by atoms with E-state index in [4.69, 9.17) is 11.5 Å². The summed E-state index contributed by atoms with van der Waals surface area (Å²) in [5.74, 6) is -0.415. The number of non-ortho nitro benzene ring substituents is 1. The molecule has 0 aliphatic rings. The van der Waals surface area contributed by atoms with Crippen LogP contribution in [-0.2, 0) is 10.0 Å². The summed E-state index contributed by atoms with van der Waals surface area (Å²) in [4.78, 5) is 10.0. The molecule has 120 valence electrons. The van der Waals surface area contributed by atoms with Crippen LogP contribution in [0.25, 0.3) is 0 Å². The molecule has 0 aliphatic heterocycles. The molecule has 0 amide bonds. The minimum absolute atomic E-state index is 0.0736. The molecule has 9 nitrogen and oxygen atoms in total. The lowest BCUT2D eigenvalue weighted by molar-refractivity contribution is -0.384. The SMILES string of the molecule is N/C(=N\S(=O)(=O)c1ccc(N)cc1)Nc1cccc([N+](=O)[O-])c1. The van der Waals surface area contributed by atoms with E-state index in [1.807, 2.05) is 0 Å². The smallest absolute Gasteiger partial charge is 0.285 e. The fourth-order valence-corrected chi connectivity index (χ4v) is 2.58. The molecular weight excluding hydrogens is 322 g/mol. The molecule has 10 heteroatoms. The molecular formula is C13H13N5O4S. The van der Waals surface area contributed by atoms with Crippen molar-refractivity contribution in [3.05, 3.63) is 58.6 Å². The molecule has 5 N–H and O–H groups in total. The zero-order chi connectivity index (χ0) is 17.0. The number of rotatable bonds is 4. The Morgan fingerprint density at radius 1 is 1.17 bits per heavy atom. The number of nitrogens with zero attached hydrogens (tertiary/aromatic N) is 2. The van der Waals surface area contributed by atoms with Gasteiger partial charge in [0.25, 0.3) is 15.7 Å². The van der Waals surface area contributed by atoms with Crippen LogP contribution in [0.3, 0.4) is 0 Å². The van der Waals surface area contributed by atoms with Gasteiger partial charge in [0.05, 0.1) is 9.82 Å². The molecule has 2 rings (SSSR count). The van der Waals surface area contributed by atoms with Crippen molar-refractivity contribution >= 4 is 33.0 Å². The van der Waals surface area contributed by atoms with Crippen LogP contribution >= 0.6 is 0 Å². The lowest BCUT2D eigenvalue weighted by Gasteiger charge is -2.06. The Morgan fingerprint density at radius 3 is 2.43 bits per heavy atom. The molecule has 0 saturated heterocycles. The highest BCUT2D eigenvalue weighted by Gasteiger charge is 2.14. The van der Waals surface area contributed by atoms with E-state index in [9.17, 15) is 18.5 Å². The molecule has 0 fully saturated rings. The summed E-state index contributed by atoms with van der Waals surface area (Å²) in [5.41, 5.74) is 11.5. The van der Waals surface area contributed by atoms with Gasteiger partial charge < -0.3 is 16.8 Å². The standard InChI is InChI=1S/C13H13N5O4S/c14-9-4-6-12(7-5-9)23(21,22)17-13(15)16-10-2-1-3-11(8-10)18(19)20/h1-8H,14H2,(H3,15,16,17). The van der Waals surface area contributed by atoms with E-state index in [0.29, 0.717) is 5.69 Å². The first-order valence-electron chi connectivity index (χ1n) is 6.25. The van der Waals surface area contributed by atoms with Crippen molar-refractivity contribution in [3.63, 3.8) is 0 Å². The zero-order valence-corrected chi connectivity index (χ0v) is 12.5. The van der Waals surface area contributed by atoms with Crippen molar-refractivity contribution in [2.24, 2.45) is 10.1 Å². The third-order valence-electron chi connectivity index (χ3n) is 2.73. The number of benzene rings is 2. The Labute approximate surface area is 131 Å². The predicted octanol–water partition coefficient (Wildman–Crippen LogP) is 1.29. The first kappa shape index (κ1) is 16.2. The maximum absolute atomic E-state index is 12.1. The van der Waals surface area contributed by atoms with Gasteiger partial charge in [0, 0.05) is 23.5 Å². The van der Waals surface area contributed by atoms with E-state index in [1.165, 1.54) is 48.5 Å². The van der Waals surface area contributed by atoms with Crippen LogP contribution in [0.15, 0.2) is 57.8 Å². The average molecular weight is 335 g/mol. The highest BCUT2D eigenvalue weighted by atomic mass is 32.2. The molecule has 0 bridgehead atoms. The molecule has 0 aliphatic carbocycles. The Morgan fingerprint density at radius 2 is 1.83 bits per heavy atom. The Bertz CT molecular complexity index is 862. The van der Waals surface area contributed by atoms with Crippen molar-refractivity contribution in [3.8, 4) is 0 Å². The molecule has 0 heterocycles. The van der Waals surface area contributed by atoms with Gasteiger partial charge in [-0.3, -0.25) is 10.1 Å². The fraction of sp³-hybridized carbons (Fsp3) is 0. The summed E-state index contributed by atoms with van der Waals surface area (Å²) in [6.07, 6.45) is 0. The minimum Gasteiger partial charge on any atom is -0.399 e. The number of hydrogen-bond donors (Lipinski definition) is 3. The summed E-state index contributed by atoms with van der Waals surface area (Å²) in [5, 5.41) is 13.2. The lowest BCUT2D eigenvalue weighted by Crippen LogP contribution is -2.24. The normalized spacial score (nSPS) is 11.9. The predicted molar refractivity (Wildman–Crippen MR) is 86.4 cm³/mol. The van der Waals surface area contributed by atoms with Gasteiger partial charge >= 0.3 is 0 Å². The van der Waals surface area contributed by atoms with E-state index < -0.39 is 20.9 Å². The molecule has 2 aromatic rings. The number of guanidine groups is 1. The number of sulfonamides is 1. The Balaban J connectivity index is 2.24. The highest BCUT2D eigenvalue weighted by molar-refractivity contribution is 7.90. The Hall–Kier alpha value is -3.14. The Kier molecular flexibility index (Phi) is 4.46. The minimum atomic E-state index is -4.01. The van der Waals surface area contributed by atoms with Gasteiger partial charge in [0.1, 0.15) is 0 Å². The van der Waals surface area contributed by atoms with Gasteiger partial charge in [0.2, 0.25) is 5.96 Å². The van der Waals surface area contributed by atoms with Crippen molar-refractivity contribution in [2.45, 2.75) is 4.90 Å². The summed E-state index contributed by atoms with van der Waals surface area (Å²) in [6, 6.07) is 10.9. The number of anilines is 2. The number of nitrogens with one attached hydrogen (secondary N) is 1. The maximum Gasteiger partial charge on any atom is 0.285 e. The van der Waals surface area contributed by atoms with Gasteiger partial charge in [-0.15, -0.1) is 4.40 Å². The van der Waals surface area contributed by atoms with Crippen LogP contribution < -0.4 is 16.8 Å². The van der Waals surface area contributed by atoms with Crippen LogP contribution in [0, 0.1) is 10.1 Å². The van der Waals surface area contributed by atoms with Crippen LogP contribution in [0.2, 0.25) is 0 Å². The molecule has 0 aromatic heterocycles. The quantitative estimate of drug-likeness (QED) is 0.250. The first-order chi connectivity index (χ1) is 10.8. The second-order valence-electron chi connectivity index (χ2n) is 4.45. The van der Waals surface area contributed by atoms with E-state index in [2.05, 4.69) is 9.71 Å². The third-order valence-corrected chi connectivity index (χ3v) is 4.03. The third kappa shape index (κ3) is 4.17. The summed E-state index contributed by atoms with van der Waals surface area (Å²) in [7, 11) is -4.01. The number of hydrogen-bond acceptors (Lipinski definition) is 5. The average Bonchev–Trinajstić information content (AvgIpc) is 2.47. The molecule has 0 radical (unpaired) electrons. The number of nitrogen functional groups attached to an aromatic ring is 1. The van der Waals surface area contributed by atoms with Crippen molar-refractivity contribution < 1.29 is 13.3 Å². The van der Waals surface area contributed by atoms with Crippen LogP contribution in [0.4, 0.5) is 17.1 Å². The largest absolute Gasteiger partial charge is 0.399 e. The maximum atomic E-state index is 12.1. The van der Waals surface area contributed by atoms with E-state index in [-0.39, 0.29) is 16.3 Å². The van der Waals surface area contributed by atoms with E-state index in [1.54, 1.807) is 0 Å². The van der Waals surface area contributed by atoms with Crippen LogP contribution in [-0.4, -0.2) is 19.3 Å². The number of nitro groups is 1. The number of nitrogens with two attached hydrogens (primary N) is 2. The van der Waals surface area contributed by atoms with Gasteiger partial charge in [-0.05, 0) is 30.3 Å².